The second-order valence-corrected chi connectivity index (χ2v) is 5.94. The fourth-order valence-electron chi connectivity index (χ4n) is 3.21. The molecule has 4 aromatic carbocycles. The van der Waals surface area contributed by atoms with Gasteiger partial charge in [-0.2, -0.15) is 0 Å². The van der Waals surface area contributed by atoms with Crippen LogP contribution in [0.5, 0.6) is 0 Å². The SMILES string of the molecule is Cc1ccc(-c2cccc3ccccc23)c(-c2ccccc2)c1. The Morgan fingerprint density at radius 3 is 2.13 bits per heavy atom. The van der Waals surface area contributed by atoms with Gasteiger partial charge in [0.05, 0.1) is 0 Å². The molecule has 0 amide bonds. The normalized spacial score (nSPS) is 10.8. The van der Waals surface area contributed by atoms with E-state index in [-0.39, 0.29) is 0 Å². The van der Waals surface area contributed by atoms with E-state index in [9.17, 15) is 0 Å². The van der Waals surface area contributed by atoms with Crippen molar-refractivity contribution in [2.75, 3.05) is 0 Å². The topological polar surface area (TPSA) is 0 Å². The Balaban J connectivity index is 2.02. The van der Waals surface area contributed by atoms with Crippen molar-refractivity contribution in [3.63, 3.8) is 0 Å². The third-order valence-electron chi connectivity index (χ3n) is 4.34. The minimum atomic E-state index is 1.26. The fourth-order valence-corrected chi connectivity index (χ4v) is 3.21. The summed E-state index contributed by atoms with van der Waals surface area (Å²) in [5.74, 6) is 0. The Hall–Kier alpha value is -2.86. The van der Waals surface area contributed by atoms with Gasteiger partial charge in [-0.25, -0.2) is 0 Å². The van der Waals surface area contributed by atoms with Crippen LogP contribution >= 0.6 is 0 Å². The van der Waals surface area contributed by atoms with E-state index in [2.05, 4.69) is 97.9 Å². The van der Waals surface area contributed by atoms with E-state index in [0.717, 1.165) is 0 Å². The van der Waals surface area contributed by atoms with Crippen molar-refractivity contribution >= 4 is 10.8 Å². The quantitative estimate of drug-likeness (QED) is 0.397. The van der Waals surface area contributed by atoms with Crippen molar-refractivity contribution in [1.82, 2.24) is 0 Å². The van der Waals surface area contributed by atoms with Gasteiger partial charge < -0.3 is 0 Å². The molecule has 23 heavy (non-hydrogen) atoms. The molecule has 4 rings (SSSR count). The first-order valence-electron chi connectivity index (χ1n) is 7.97. The largest absolute Gasteiger partial charge is 0.0622 e. The zero-order chi connectivity index (χ0) is 15.6. The first-order chi connectivity index (χ1) is 11.3. The van der Waals surface area contributed by atoms with Crippen LogP contribution in [-0.2, 0) is 0 Å². The maximum Gasteiger partial charge on any atom is -0.00990 e. The second-order valence-electron chi connectivity index (χ2n) is 5.94. The van der Waals surface area contributed by atoms with E-state index in [1.807, 2.05) is 0 Å². The second kappa shape index (κ2) is 5.73. The van der Waals surface area contributed by atoms with Crippen molar-refractivity contribution in [3.05, 3.63) is 96.6 Å². The van der Waals surface area contributed by atoms with Gasteiger partial charge in [0.25, 0.3) is 0 Å². The van der Waals surface area contributed by atoms with Gasteiger partial charge >= 0.3 is 0 Å². The van der Waals surface area contributed by atoms with Gasteiger partial charge in [0.2, 0.25) is 0 Å². The molecule has 0 aliphatic carbocycles. The van der Waals surface area contributed by atoms with Crippen molar-refractivity contribution in [1.29, 1.82) is 0 Å². The lowest BCUT2D eigenvalue weighted by atomic mass is 9.90. The highest BCUT2D eigenvalue weighted by atomic mass is 14.1. The number of benzene rings is 4. The lowest BCUT2D eigenvalue weighted by molar-refractivity contribution is 1.46. The molecule has 0 nitrogen and oxygen atoms in total. The summed E-state index contributed by atoms with van der Waals surface area (Å²) in [6.07, 6.45) is 0. The van der Waals surface area contributed by atoms with Gasteiger partial charge in [0, 0.05) is 0 Å². The standard InChI is InChI=1S/C23H18/c1-17-14-15-22(23(16-17)19-8-3-2-4-9-19)21-13-7-11-18-10-5-6-12-20(18)21/h2-16H,1H3. The van der Waals surface area contributed by atoms with E-state index in [1.54, 1.807) is 0 Å². The number of aryl methyl sites for hydroxylation is 1. The number of hydrogen-bond donors (Lipinski definition) is 0. The predicted molar refractivity (Wildman–Crippen MR) is 99.6 cm³/mol. The zero-order valence-corrected chi connectivity index (χ0v) is 13.2. The van der Waals surface area contributed by atoms with Gasteiger partial charge in [-0.15, -0.1) is 0 Å². The highest BCUT2D eigenvalue weighted by molar-refractivity contribution is 6.00. The van der Waals surface area contributed by atoms with Crippen molar-refractivity contribution in [2.45, 2.75) is 6.92 Å². The predicted octanol–water partition coefficient (Wildman–Crippen LogP) is 6.48. The Labute approximate surface area is 137 Å². The molecule has 4 aromatic rings. The van der Waals surface area contributed by atoms with E-state index in [1.165, 1.54) is 38.6 Å². The summed E-state index contributed by atoms with van der Waals surface area (Å²) in [5, 5.41) is 2.58. The van der Waals surface area contributed by atoms with Crippen LogP contribution in [0.25, 0.3) is 33.0 Å². The fraction of sp³-hybridized carbons (Fsp3) is 0.0435. The minimum absolute atomic E-state index is 1.26. The molecule has 0 saturated heterocycles. The lowest BCUT2D eigenvalue weighted by Crippen LogP contribution is -1.88. The molecule has 110 valence electrons. The molecule has 0 aliphatic heterocycles. The molecule has 0 saturated carbocycles. The molecule has 0 N–H and O–H groups in total. The summed E-state index contributed by atoms with van der Waals surface area (Å²) < 4.78 is 0. The molecule has 0 heteroatoms. The summed E-state index contributed by atoms with van der Waals surface area (Å²) in [6, 6.07) is 32.5. The molecule has 0 unspecified atom stereocenters. The molecular weight excluding hydrogens is 276 g/mol. The average Bonchev–Trinajstić information content (AvgIpc) is 2.62. The van der Waals surface area contributed by atoms with Crippen molar-refractivity contribution in [3.8, 4) is 22.3 Å². The van der Waals surface area contributed by atoms with Crippen LogP contribution in [0.15, 0.2) is 91.0 Å². The monoisotopic (exact) mass is 294 g/mol. The Morgan fingerprint density at radius 1 is 0.522 bits per heavy atom. The van der Waals surface area contributed by atoms with Gasteiger partial charge in [0.1, 0.15) is 0 Å². The molecular formula is C23H18. The number of rotatable bonds is 2. The van der Waals surface area contributed by atoms with E-state index in [0.29, 0.717) is 0 Å². The van der Waals surface area contributed by atoms with Crippen LogP contribution < -0.4 is 0 Å². The van der Waals surface area contributed by atoms with Gasteiger partial charge in [0.15, 0.2) is 0 Å². The molecule has 0 aromatic heterocycles. The molecule has 0 heterocycles. The average molecular weight is 294 g/mol. The highest BCUT2D eigenvalue weighted by Gasteiger charge is 2.10. The first kappa shape index (κ1) is 13.8. The van der Waals surface area contributed by atoms with Gasteiger partial charge in [-0.3, -0.25) is 0 Å². The van der Waals surface area contributed by atoms with Crippen LogP contribution in [-0.4, -0.2) is 0 Å². The molecule has 0 atom stereocenters. The highest BCUT2D eigenvalue weighted by Crippen LogP contribution is 2.36. The molecule has 0 radical (unpaired) electrons. The Bertz CT molecular complexity index is 960. The first-order valence-corrected chi connectivity index (χ1v) is 7.97. The summed E-state index contributed by atoms with van der Waals surface area (Å²) >= 11 is 0. The Morgan fingerprint density at radius 2 is 1.26 bits per heavy atom. The van der Waals surface area contributed by atoms with E-state index in [4.69, 9.17) is 0 Å². The lowest BCUT2D eigenvalue weighted by Gasteiger charge is -2.13. The number of fused-ring (bicyclic) bond motifs is 1. The minimum Gasteiger partial charge on any atom is -0.0622 e. The van der Waals surface area contributed by atoms with Gasteiger partial charge in [-0.1, -0.05) is 96.6 Å². The number of hydrogen-bond acceptors (Lipinski definition) is 0. The molecule has 0 bridgehead atoms. The van der Waals surface area contributed by atoms with Crippen molar-refractivity contribution < 1.29 is 0 Å². The summed E-state index contributed by atoms with van der Waals surface area (Å²) in [6.45, 7) is 2.15. The smallest absolute Gasteiger partial charge is 0.00990 e. The maximum absolute atomic E-state index is 2.28. The van der Waals surface area contributed by atoms with Crippen LogP contribution in [0, 0.1) is 6.92 Å². The van der Waals surface area contributed by atoms with Crippen LogP contribution in [0.3, 0.4) is 0 Å². The molecule has 0 fully saturated rings. The third-order valence-corrected chi connectivity index (χ3v) is 4.34. The Kier molecular flexibility index (Phi) is 3.44. The summed E-state index contributed by atoms with van der Waals surface area (Å²) in [7, 11) is 0. The molecule has 0 spiro atoms. The molecule has 0 aliphatic rings. The van der Waals surface area contributed by atoms with E-state index >= 15 is 0 Å². The summed E-state index contributed by atoms with van der Waals surface area (Å²) in [4.78, 5) is 0. The van der Waals surface area contributed by atoms with Crippen LogP contribution in [0.1, 0.15) is 5.56 Å². The van der Waals surface area contributed by atoms with Crippen LogP contribution in [0.4, 0.5) is 0 Å². The summed E-state index contributed by atoms with van der Waals surface area (Å²) in [5.41, 5.74) is 6.43. The van der Waals surface area contributed by atoms with Crippen molar-refractivity contribution in [2.24, 2.45) is 0 Å². The van der Waals surface area contributed by atoms with Crippen LogP contribution in [0.2, 0.25) is 0 Å². The van der Waals surface area contributed by atoms with E-state index < -0.39 is 0 Å². The third kappa shape index (κ3) is 2.53. The zero-order valence-electron chi connectivity index (χ0n) is 13.2. The van der Waals surface area contributed by atoms with Gasteiger partial charge in [-0.05, 0) is 39.9 Å². The maximum atomic E-state index is 2.28.